The van der Waals surface area contributed by atoms with Gasteiger partial charge in [0.25, 0.3) is 5.91 Å². The molecule has 260 valence electrons. The molecule has 8 nitrogen and oxygen atoms in total. The van der Waals surface area contributed by atoms with Crippen molar-refractivity contribution in [3.8, 4) is 11.3 Å². The average Bonchev–Trinajstić information content (AvgIpc) is 3.11. The number of fused-ring (bicyclic) bond motifs is 1. The maximum absolute atomic E-state index is 14.5. The first-order chi connectivity index (χ1) is 23.4. The van der Waals surface area contributed by atoms with Gasteiger partial charge in [-0.25, -0.2) is 13.4 Å². The van der Waals surface area contributed by atoms with Gasteiger partial charge in [-0.2, -0.15) is 13.2 Å². The number of pyridine rings is 1. The van der Waals surface area contributed by atoms with Crippen molar-refractivity contribution in [2.45, 2.75) is 56.4 Å². The number of ether oxygens (including phenoxy) is 1. The first kappa shape index (κ1) is 35.0. The van der Waals surface area contributed by atoms with E-state index in [9.17, 15) is 26.4 Å². The zero-order valence-electron chi connectivity index (χ0n) is 27.7. The molecule has 0 radical (unpaired) electrons. The highest BCUT2D eigenvalue weighted by molar-refractivity contribution is 7.91. The molecule has 4 aromatic rings. The Morgan fingerprint density at radius 3 is 2.37 bits per heavy atom. The van der Waals surface area contributed by atoms with Gasteiger partial charge in [0.15, 0.2) is 9.84 Å². The quantitative estimate of drug-likeness (QED) is 0.214. The maximum Gasteiger partial charge on any atom is 0.416 e. The SMILES string of the molecule is CCS(=O)(=O)c1ccc2nc(-c3cccc(C(F)(F)F)c3)c(CN3CCC(N4CCOCC4)CC3)c(C(=O)N[C@@H](C)c3ccccc3)c2c1. The maximum atomic E-state index is 14.5. The van der Waals surface area contributed by atoms with E-state index in [1.165, 1.54) is 24.3 Å². The van der Waals surface area contributed by atoms with Crippen molar-refractivity contribution >= 4 is 26.6 Å². The molecule has 2 saturated heterocycles. The van der Waals surface area contributed by atoms with E-state index in [-0.39, 0.29) is 34.0 Å². The third-order valence-corrected chi connectivity index (χ3v) is 11.4. The van der Waals surface area contributed by atoms with Crippen LogP contribution in [0.15, 0.2) is 77.7 Å². The lowest BCUT2D eigenvalue weighted by atomic mass is 9.93. The number of likely N-dealkylation sites (tertiary alicyclic amines) is 1. The summed E-state index contributed by atoms with van der Waals surface area (Å²) in [5.41, 5.74) is 1.52. The normalized spacial score (nSPS) is 17.7. The van der Waals surface area contributed by atoms with Crippen molar-refractivity contribution in [1.82, 2.24) is 20.1 Å². The van der Waals surface area contributed by atoms with Gasteiger partial charge in [0.05, 0.1) is 52.2 Å². The van der Waals surface area contributed by atoms with Gasteiger partial charge in [-0.3, -0.25) is 14.6 Å². The molecule has 1 N–H and O–H groups in total. The molecule has 0 unspecified atom stereocenters. The van der Waals surface area contributed by atoms with Crippen molar-refractivity contribution in [3.63, 3.8) is 0 Å². The predicted molar refractivity (Wildman–Crippen MR) is 183 cm³/mol. The molecule has 2 aliphatic rings. The number of halogens is 3. The zero-order valence-corrected chi connectivity index (χ0v) is 28.5. The van der Waals surface area contributed by atoms with Gasteiger partial charge in [-0.05, 0) is 68.8 Å². The zero-order chi connectivity index (χ0) is 34.8. The Kier molecular flexibility index (Phi) is 10.4. The Morgan fingerprint density at radius 2 is 1.69 bits per heavy atom. The fourth-order valence-electron chi connectivity index (χ4n) is 6.84. The Balaban J connectivity index is 1.49. The molecule has 0 aliphatic carbocycles. The second-order valence-electron chi connectivity index (χ2n) is 12.7. The van der Waals surface area contributed by atoms with Crippen molar-refractivity contribution in [3.05, 3.63) is 95.1 Å². The molecule has 0 saturated carbocycles. The van der Waals surface area contributed by atoms with Gasteiger partial charge in [0.1, 0.15) is 0 Å². The van der Waals surface area contributed by atoms with E-state index in [4.69, 9.17) is 9.72 Å². The fourth-order valence-corrected chi connectivity index (χ4v) is 7.75. The van der Waals surface area contributed by atoms with Crippen molar-refractivity contribution < 1.29 is 31.1 Å². The molecule has 2 fully saturated rings. The minimum atomic E-state index is -4.58. The van der Waals surface area contributed by atoms with Gasteiger partial charge < -0.3 is 10.1 Å². The number of morpholine rings is 1. The molecule has 2 aliphatic heterocycles. The lowest BCUT2D eigenvalue weighted by molar-refractivity contribution is -0.137. The Labute approximate surface area is 285 Å². The predicted octanol–water partition coefficient (Wildman–Crippen LogP) is 6.50. The van der Waals surface area contributed by atoms with Crippen LogP contribution in [0, 0.1) is 0 Å². The molecule has 6 rings (SSSR count). The summed E-state index contributed by atoms with van der Waals surface area (Å²) in [5, 5.41) is 3.42. The Bertz CT molecular complexity index is 1910. The Hall–Kier alpha value is -3.84. The second-order valence-corrected chi connectivity index (χ2v) is 15.0. The van der Waals surface area contributed by atoms with Gasteiger partial charge in [0, 0.05) is 42.2 Å². The minimum absolute atomic E-state index is 0.0542. The number of carbonyl (C=O) groups is 1. The van der Waals surface area contributed by atoms with Crippen LogP contribution in [0.25, 0.3) is 22.2 Å². The molecule has 0 spiro atoms. The highest BCUT2D eigenvalue weighted by atomic mass is 32.2. The van der Waals surface area contributed by atoms with E-state index in [0.717, 1.165) is 43.6 Å². The summed E-state index contributed by atoms with van der Waals surface area (Å²) >= 11 is 0. The molecular formula is C37H41F3N4O4S. The highest BCUT2D eigenvalue weighted by Crippen LogP contribution is 2.37. The molecular weight excluding hydrogens is 653 g/mol. The number of carbonyl (C=O) groups excluding carboxylic acids is 1. The molecule has 49 heavy (non-hydrogen) atoms. The number of alkyl halides is 3. The van der Waals surface area contributed by atoms with Gasteiger partial charge in [-0.1, -0.05) is 49.4 Å². The molecule has 3 heterocycles. The van der Waals surface area contributed by atoms with E-state index in [1.807, 2.05) is 37.3 Å². The molecule has 3 aromatic carbocycles. The van der Waals surface area contributed by atoms with Crippen molar-refractivity contribution in [2.75, 3.05) is 45.1 Å². The van der Waals surface area contributed by atoms with E-state index in [0.29, 0.717) is 48.8 Å². The lowest BCUT2D eigenvalue weighted by Gasteiger charge is -2.40. The molecule has 1 aromatic heterocycles. The summed E-state index contributed by atoms with van der Waals surface area (Å²) in [6.45, 7) is 8.26. The number of benzene rings is 3. The fraction of sp³-hybridized carbons (Fsp3) is 0.405. The number of nitrogens with one attached hydrogen (secondary N) is 1. The molecule has 12 heteroatoms. The van der Waals surface area contributed by atoms with Crippen LogP contribution in [-0.2, 0) is 27.3 Å². The second kappa shape index (κ2) is 14.6. The highest BCUT2D eigenvalue weighted by Gasteiger charge is 2.33. The third kappa shape index (κ3) is 7.82. The molecule has 1 amide bonds. The number of hydrogen-bond donors (Lipinski definition) is 1. The van der Waals surface area contributed by atoms with Crippen LogP contribution in [0.1, 0.15) is 59.8 Å². The smallest absolute Gasteiger partial charge is 0.379 e. The largest absolute Gasteiger partial charge is 0.416 e. The first-order valence-corrected chi connectivity index (χ1v) is 18.4. The Morgan fingerprint density at radius 1 is 0.980 bits per heavy atom. The van der Waals surface area contributed by atoms with Crippen molar-refractivity contribution in [2.24, 2.45) is 0 Å². The van der Waals surface area contributed by atoms with Gasteiger partial charge >= 0.3 is 6.18 Å². The number of rotatable bonds is 9. The van der Waals surface area contributed by atoms with Crippen LogP contribution in [-0.4, -0.2) is 80.3 Å². The first-order valence-electron chi connectivity index (χ1n) is 16.7. The van der Waals surface area contributed by atoms with E-state index >= 15 is 0 Å². The van der Waals surface area contributed by atoms with Crippen LogP contribution >= 0.6 is 0 Å². The number of nitrogens with zero attached hydrogens (tertiary/aromatic N) is 3. The van der Waals surface area contributed by atoms with E-state index in [1.54, 1.807) is 13.0 Å². The lowest BCUT2D eigenvalue weighted by Crippen LogP contribution is -2.48. The summed E-state index contributed by atoms with van der Waals surface area (Å²) in [7, 11) is -3.65. The molecule has 0 bridgehead atoms. The van der Waals surface area contributed by atoms with E-state index < -0.39 is 33.5 Å². The van der Waals surface area contributed by atoms with Crippen LogP contribution in [0.5, 0.6) is 0 Å². The minimum Gasteiger partial charge on any atom is -0.379 e. The standard InChI is InChI=1S/C37H41F3N4O4S/c1-3-49(46,47)30-12-13-33-31(23-30)34(36(45)41-25(2)26-8-5-4-6-9-26)32(35(42-33)27-10-7-11-28(22-27)37(38,39)40)24-43-16-14-29(15-17-43)44-18-20-48-21-19-44/h4-13,22-23,25,29H,3,14-21,24H2,1-2H3,(H,41,45)/t25-/m0/s1. The topological polar surface area (TPSA) is 91.8 Å². The van der Waals surface area contributed by atoms with Crippen LogP contribution in [0.4, 0.5) is 13.2 Å². The van der Waals surface area contributed by atoms with Gasteiger partial charge in [0.2, 0.25) is 0 Å². The monoisotopic (exact) mass is 694 g/mol. The summed E-state index contributed by atoms with van der Waals surface area (Å²) in [6, 6.07) is 18.9. The summed E-state index contributed by atoms with van der Waals surface area (Å²) in [6.07, 6.45) is -2.79. The molecule has 1 atom stereocenters. The summed E-state index contributed by atoms with van der Waals surface area (Å²) < 4.78 is 73.4. The van der Waals surface area contributed by atoms with Crippen LogP contribution in [0.3, 0.4) is 0 Å². The summed E-state index contributed by atoms with van der Waals surface area (Å²) in [4.78, 5) is 24.1. The van der Waals surface area contributed by atoms with Crippen molar-refractivity contribution in [1.29, 1.82) is 0 Å². The number of amides is 1. The number of piperidine rings is 1. The number of aromatic nitrogens is 1. The van der Waals surface area contributed by atoms with E-state index in [2.05, 4.69) is 15.1 Å². The third-order valence-electron chi connectivity index (χ3n) is 9.63. The van der Waals surface area contributed by atoms with Crippen LogP contribution in [0.2, 0.25) is 0 Å². The number of hydrogen-bond acceptors (Lipinski definition) is 7. The average molecular weight is 695 g/mol. The van der Waals surface area contributed by atoms with Crippen LogP contribution < -0.4 is 5.32 Å². The van der Waals surface area contributed by atoms with Gasteiger partial charge in [-0.15, -0.1) is 0 Å². The summed E-state index contributed by atoms with van der Waals surface area (Å²) in [5.74, 6) is -0.590. The number of sulfone groups is 1.